The van der Waals surface area contributed by atoms with Crippen molar-refractivity contribution in [1.82, 2.24) is 0 Å². The Hall–Kier alpha value is -2.74. The summed E-state index contributed by atoms with van der Waals surface area (Å²) in [4.78, 5) is 23.8. The summed E-state index contributed by atoms with van der Waals surface area (Å²) in [5.74, 6) is 0.0377. The van der Waals surface area contributed by atoms with E-state index >= 15 is 0 Å². The molecule has 0 bridgehead atoms. The summed E-state index contributed by atoms with van der Waals surface area (Å²) < 4.78 is 0. The first kappa shape index (κ1) is 19.6. The van der Waals surface area contributed by atoms with E-state index < -0.39 is 0 Å². The molecule has 2 rings (SSSR count). The van der Waals surface area contributed by atoms with Crippen LogP contribution in [-0.2, 0) is 16.6 Å². The average molecular weight is 346 g/mol. The van der Waals surface area contributed by atoms with Gasteiger partial charge in [-0.15, -0.1) is 0 Å². The fraction of sp³-hybridized carbons (Fsp3) is 0.250. The molecule has 0 radical (unpaired) electrons. The van der Waals surface area contributed by atoms with E-state index in [2.05, 4.69) is 39.1 Å². The first-order valence-electron chi connectivity index (χ1n) is 8.72. The zero-order valence-electron chi connectivity index (χ0n) is 16.1. The minimum absolute atomic E-state index is 0.0270. The van der Waals surface area contributed by atoms with Crippen molar-refractivity contribution in [3.05, 3.63) is 95.1 Å². The van der Waals surface area contributed by atoms with Crippen molar-refractivity contribution >= 4 is 11.6 Å². The second kappa shape index (κ2) is 7.65. The van der Waals surface area contributed by atoms with Crippen LogP contribution in [0.15, 0.2) is 72.8 Å². The average Bonchev–Trinajstić information content (AvgIpc) is 2.61. The third-order valence-electron chi connectivity index (χ3n) is 4.77. The van der Waals surface area contributed by atoms with E-state index in [-0.39, 0.29) is 17.0 Å². The van der Waals surface area contributed by atoms with E-state index in [0.29, 0.717) is 23.1 Å². The molecular weight excluding hydrogens is 320 g/mol. The van der Waals surface area contributed by atoms with Crippen molar-refractivity contribution in [2.75, 3.05) is 0 Å². The second-order valence-corrected chi connectivity index (χ2v) is 7.39. The van der Waals surface area contributed by atoms with Crippen LogP contribution in [0.4, 0.5) is 0 Å². The van der Waals surface area contributed by atoms with Crippen molar-refractivity contribution in [2.24, 2.45) is 0 Å². The number of rotatable bonds is 7. The van der Waals surface area contributed by atoms with Gasteiger partial charge in [0.05, 0.1) is 0 Å². The molecule has 0 heterocycles. The van der Waals surface area contributed by atoms with Gasteiger partial charge in [-0.3, -0.25) is 9.59 Å². The first-order chi connectivity index (χ1) is 12.1. The molecule has 2 heteroatoms. The highest BCUT2D eigenvalue weighted by Crippen LogP contribution is 2.32. The van der Waals surface area contributed by atoms with E-state index in [1.165, 1.54) is 0 Å². The SMILES string of the molecule is C=C(C)C(=O)Cc1ccc(C(C)(C)c2ccc(C(=O)C(=C)C)cc2)cc1. The molecule has 26 heavy (non-hydrogen) atoms. The van der Waals surface area contributed by atoms with Crippen LogP contribution in [0.3, 0.4) is 0 Å². The highest BCUT2D eigenvalue weighted by Gasteiger charge is 2.23. The van der Waals surface area contributed by atoms with Gasteiger partial charge in [-0.2, -0.15) is 0 Å². The highest BCUT2D eigenvalue weighted by atomic mass is 16.1. The molecule has 0 unspecified atom stereocenters. The van der Waals surface area contributed by atoms with Gasteiger partial charge in [0, 0.05) is 17.4 Å². The Kier molecular flexibility index (Phi) is 5.76. The second-order valence-electron chi connectivity index (χ2n) is 7.39. The molecule has 0 spiro atoms. The largest absolute Gasteiger partial charge is 0.294 e. The van der Waals surface area contributed by atoms with Crippen molar-refractivity contribution < 1.29 is 9.59 Å². The Bertz CT molecular complexity index is 850. The van der Waals surface area contributed by atoms with Gasteiger partial charge < -0.3 is 0 Å². The predicted octanol–water partition coefficient (Wildman–Crippen LogP) is 5.46. The fourth-order valence-corrected chi connectivity index (χ4v) is 2.83. The minimum atomic E-state index is -0.207. The number of ketones is 2. The van der Waals surface area contributed by atoms with Crippen LogP contribution in [-0.4, -0.2) is 11.6 Å². The Morgan fingerprint density at radius 2 is 1.27 bits per heavy atom. The van der Waals surface area contributed by atoms with Crippen LogP contribution in [0.1, 0.15) is 54.7 Å². The van der Waals surface area contributed by atoms with Crippen LogP contribution in [0.25, 0.3) is 0 Å². The van der Waals surface area contributed by atoms with Crippen molar-refractivity contribution in [2.45, 2.75) is 39.5 Å². The maximum absolute atomic E-state index is 12.0. The van der Waals surface area contributed by atoms with E-state index in [1.54, 1.807) is 13.8 Å². The van der Waals surface area contributed by atoms with Crippen LogP contribution < -0.4 is 0 Å². The fourth-order valence-electron chi connectivity index (χ4n) is 2.83. The van der Waals surface area contributed by atoms with Gasteiger partial charge in [-0.25, -0.2) is 0 Å². The molecule has 0 amide bonds. The van der Waals surface area contributed by atoms with Gasteiger partial charge in [0.25, 0.3) is 0 Å². The standard InChI is InChI=1S/C24H26O2/c1-16(2)22(25)15-18-7-11-20(12-8-18)24(5,6)21-13-9-19(10-14-21)23(26)17(3)4/h7-14H,1,3,15H2,2,4-6H3. The van der Waals surface area contributed by atoms with E-state index in [4.69, 9.17) is 0 Å². The number of hydrogen-bond acceptors (Lipinski definition) is 2. The van der Waals surface area contributed by atoms with Gasteiger partial charge in [-0.05, 0) is 41.7 Å². The van der Waals surface area contributed by atoms with Gasteiger partial charge in [0.15, 0.2) is 11.6 Å². The lowest BCUT2D eigenvalue weighted by molar-refractivity contribution is -0.114. The first-order valence-corrected chi connectivity index (χ1v) is 8.72. The number of allylic oxidation sites excluding steroid dienone is 2. The third kappa shape index (κ3) is 4.26. The lowest BCUT2D eigenvalue weighted by Gasteiger charge is -2.26. The van der Waals surface area contributed by atoms with Gasteiger partial charge >= 0.3 is 0 Å². The van der Waals surface area contributed by atoms with E-state index in [9.17, 15) is 9.59 Å². The number of benzene rings is 2. The number of Topliss-reactive ketones (excluding diaryl/α,β-unsaturated/α-hetero) is 2. The van der Waals surface area contributed by atoms with E-state index in [0.717, 1.165) is 16.7 Å². The monoisotopic (exact) mass is 346 g/mol. The number of carbonyl (C=O) groups excluding carboxylic acids is 2. The highest BCUT2D eigenvalue weighted by molar-refractivity contribution is 6.07. The Morgan fingerprint density at radius 3 is 1.69 bits per heavy atom. The predicted molar refractivity (Wildman–Crippen MR) is 108 cm³/mol. The molecule has 0 aliphatic rings. The molecule has 0 saturated heterocycles. The zero-order chi connectivity index (χ0) is 19.5. The minimum Gasteiger partial charge on any atom is -0.294 e. The van der Waals surface area contributed by atoms with Gasteiger partial charge in [0.2, 0.25) is 0 Å². The van der Waals surface area contributed by atoms with Crippen LogP contribution >= 0.6 is 0 Å². The lowest BCUT2D eigenvalue weighted by Crippen LogP contribution is -2.19. The molecule has 0 aliphatic heterocycles. The summed E-state index contributed by atoms with van der Waals surface area (Å²) in [7, 11) is 0. The van der Waals surface area contributed by atoms with Crippen LogP contribution in [0, 0.1) is 0 Å². The summed E-state index contributed by atoms with van der Waals surface area (Å²) in [6, 6.07) is 15.8. The zero-order valence-corrected chi connectivity index (χ0v) is 16.1. The van der Waals surface area contributed by atoms with Crippen molar-refractivity contribution in [3.63, 3.8) is 0 Å². The molecule has 0 saturated carbocycles. The normalized spacial score (nSPS) is 11.1. The van der Waals surface area contributed by atoms with Gasteiger partial charge in [-0.1, -0.05) is 75.5 Å². The summed E-state index contributed by atoms with van der Waals surface area (Å²) in [6.45, 7) is 15.2. The maximum Gasteiger partial charge on any atom is 0.188 e. The molecular formula is C24H26O2. The third-order valence-corrected chi connectivity index (χ3v) is 4.77. The molecule has 0 fully saturated rings. The van der Waals surface area contributed by atoms with Crippen molar-refractivity contribution in [1.29, 1.82) is 0 Å². The van der Waals surface area contributed by atoms with Crippen LogP contribution in [0.5, 0.6) is 0 Å². The Morgan fingerprint density at radius 1 is 0.808 bits per heavy atom. The smallest absolute Gasteiger partial charge is 0.188 e. The summed E-state index contributed by atoms with van der Waals surface area (Å²) in [5, 5.41) is 0. The van der Waals surface area contributed by atoms with Crippen molar-refractivity contribution in [3.8, 4) is 0 Å². The number of hydrogen-bond donors (Lipinski definition) is 0. The summed E-state index contributed by atoms with van der Waals surface area (Å²) in [6.07, 6.45) is 0.383. The lowest BCUT2D eigenvalue weighted by atomic mass is 9.77. The Labute approximate surface area is 156 Å². The summed E-state index contributed by atoms with van der Waals surface area (Å²) >= 11 is 0. The van der Waals surface area contributed by atoms with Gasteiger partial charge in [0.1, 0.15) is 0 Å². The quantitative estimate of drug-likeness (QED) is 0.493. The van der Waals surface area contributed by atoms with E-state index in [1.807, 2.05) is 36.4 Å². The molecule has 134 valence electrons. The molecule has 0 atom stereocenters. The Balaban J connectivity index is 2.24. The molecule has 2 aromatic carbocycles. The maximum atomic E-state index is 12.0. The molecule has 0 N–H and O–H groups in total. The molecule has 0 aliphatic carbocycles. The molecule has 2 nitrogen and oxygen atoms in total. The van der Waals surface area contributed by atoms with Crippen LogP contribution in [0.2, 0.25) is 0 Å². The molecule has 2 aromatic rings. The number of carbonyl (C=O) groups is 2. The summed E-state index contributed by atoms with van der Waals surface area (Å²) in [5.41, 5.74) is 4.84. The topological polar surface area (TPSA) is 34.1 Å². The molecule has 0 aromatic heterocycles.